The van der Waals surface area contributed by atoms with E-state index in [9.17, 15) is 8.42 Å². The van der Waals surface area contributed by atoms with E-state index in [4.69, 9.17) is 10.5 Å². The van der Waals surface area contributed by atoms with Crippen LogP contribution in [0.3, 0.4) is 0 Å². The van der Waals surface area contributed by atoms with Gasteiger partial charge in [-0.3, -0.25) is 0 Å². The Morgan fingerprint density at radius 3 is 2.45 bits per heavy atom. The van der Waals surface area contributed by atoms with Crippen molar-refractivity contribution in [2.45, 2.75) is 26.5 Å². The summed E-state index contributed by atoms with van der Waals surface area (Å²) in [6, 6.07) is 9.50. The molecule has 1 rings (SSSR count). The van der Waals surface area contributed by atoms with Gasteiger partial charge >= 0.3 is 0 Å². The number of hydrogen-bond acceptors (Lipinski definition) is 4. The van der Waals surface area contributed by atoms with E-state index < -0.39 is 10.0 Å². The molecule has 6 heteroatoms. The van der Waals surface area contributed by atoms with Gasteiger partial charge < -0.3 is 10.5 Å². The molecule has 0 saturated carbocycles. The lowest BCUT2D eigenvalue weighted by atomic mass is 10.2. The number of ether oxygens (including phenoxy) is 1. The normalized spacial score (nSPS) is 12.2. The third-order valence-electron chi connectivity index (χ3n) is 2.77. The molecule has 0 aliphatic rings. The van der Waals surface area contributed by atoms with Gasteiger partial charge in [0, 0.05) is 19.6 Å². The number of benzene rings is 1. The van der Waals surface area contributed by atoms with E-state index in [1.165, 1.54) is 4.31 Å². The van der Waals surface area contributed by atoms with Crippen molar-refractivity contribution in [2.24, 2.45) is 5.73 Å². The molecular weight excluding hydrogens is 276 g/mol. The summed E-state index contributed by atoms with van der Waals surface area (Å²) in [6.07, 6.45) is 0.0299. The van der Waals surface area contributed by atoms with Gasteiger partial charge in [0.25, 0.3) is 0 Å². The standard InChI is InChI=1S/C14H24N2O3S/c1-13(2)19-10-11-20(17,18)16(9-8-15)12-14-6-4-3-5-7-14/h3-7,13H,8-12,15H2,1-2H3. The highest BCUT2D eigenvalue weighted by molar-refractivity contribution is 7.89. The minimum absolute atomic E-state index is 0.0159. The lowest BCUT2D eigenvalue weighted by Crippen LogP contribution is -2.37. The van der Waals surface area contributed by atoms with Crippen molar-refractivity contribution in [3.63, 3.8) is 0 Å². The summed E-state index contributed by atoms with van der Waals surface area (Å²) in [5.74, 6) is -0.0159. The maximum Gasteiger partial charge on any atom is 0.216 e. The van der Waals surface area contributed by atoms with Gasteiger partial charge in [-0.15, -0.1) is 0 Å². The van der Waals surface area contributed by atoms with Gasteiger partial charge in [-0.2, -0.15) is 4.31 Å². The van der Waals surface area contributed by atoms with Gasteiger partial charge in [-0.25, -0.2) is 8.42 Å². The molecule has 1 aromatic rings. The molecule has 0 atom stereocenters. The Morgan fingerprint density at radius 1 is 1.25 bits per heavy atom. The third kappa shape index (κ3) is 6.00. The first-order valence-electron chi connectivity index (χ1n) is 6.79. The summed E-state index contributed by atoms with van der Waals surface area (Å²) in [4.78, 5) is 0. The molecule has 0 fully saturated rings. The van der Waals surface area contributed by atoms with Crippen LogP contribution in [0.15, 0.2) is 30.3 Å². The number of hydrogen-bond donors (Lipinski definition) is 1. The average Bonchev–Trinajstić information content (AvgIpc) is 2.38. The Balaban J connectivity index is 2.68. The zero-order valence-corrected chi connectivity index (χ0v) is 13.0. The monoisotopic (exact) mass is 300 g/mol. The van der Waals surface area contributed by atoms with Crippen molar-refractivity contribution in [3.05, 3.63) is 35.9 Å². The van der Waals surface area contributed by atoms with Gasteiger partial charge in [0.15, 0.2) is 0 Å². The van der Waals surface area contributed by atoms with Crippen LogP contribution in [0.1, 0.15) is 19.4 Å². The average molecular weight is 300 g/mol. The molecule has 0 unspecified atom stereocenters. The summed E-state index contributed by atoms with van der Waals surface area (Å²) in [6.45, 7) is 4.94. The van der Waals surface area contributed by atoms with Crippen LogP contribution in [-0.2, 0) is 21.3 Å². The van der Waals surface area contributed by atoms with Gasteiger partial charge in [0.1, 0.15) is 0 Å². The third-order valence-corrected chi connectivity index (χ3v) is 4.55. The molecule has 114 valence electrons. The van der Waals surface area contributed by atoms with Crippen LogP contribution in [-0.4, -0.2) is 44.3 Å². The number of nitrogens with zero attached hydrogens (tertiary/aromatic N) is 1. The first-order chi connectivity index (χ1) is 9.45. The van der Waals surface area contributed by atoms with E-state index in [0.717, 1.165) is 5.56 Å². The Morgan fingerprint density at radius 2 is 1.90 bits per heavy atom. The van der Waals surface area contributed by atoms with E-state index in [-0.39, 0.29) is 18.5 Å². The molecule has 5 nitrogen and oxygen atoms in total. The molecule has 1 aromatic carbocycles. The van der Waals surface area contributed by atoms with E-state index in [0.29, 0.717) is 19.6 Å². The molecular formula is C14H24N2O3S. The molecule has 0 saturated heterocycles. The second-order valence-corrected chi connectivity index (χ2v) is 6.93. The Labute approximate surface area is 121 Å². The topological polar surface area (TPSA) is 72.6 Å². The van der Waals surface area contributed by atoms with E-state index in [2.05, 4.69) is 0 Å². The molecule has 2 N–H and O–H groups in total. The quantitative estimate of drug-likeness (QED) is 0.744. The minimum atomic E-state index is -3.35. The second kappa shape index (κ2) is 8.36. The van der Waals surface area contributed by atoms with Crippen LogP contribution in [0.5, 0.6) is 0 Å². The molecule has 0 bridgehead atoms. The van der Waals surface area contributed by atoms with Crippen molar-refractivity contribution in [3.8, 4) is 0 Å². The highest BCUT2D eigenvalue weighted by Crippen LogP contribution is 2.09. The van der Waals surface area contributed by atoms with Crippen LogP contribution >= 0.6 is 0 Å². The molecule has 0 amide bonds. The van der Waals surface area contributed by atoms with Crippen molar-refractivity contribution >= 4 is 10.0 Å². The zero-order valence-electron chi connectivity index (χ0n) is 12.2. The molecule has 0 heterocycles. The van der Waals surface area contributed by atoms with Gasteiger partial charge in [0.2, 0.25) is 10.0 Å². The summed E-state index contributed by atoms with van der Waals surface area (Å²) in [5.41, 5.74) is 6.47. The molecule has 0 spiro atoms. The van der Waals surface area contributed by atoms with Crippen LogP contribution in [0.4, 0.5) is 0 Å². The lowest BCUT2D eigenvalue weighted by molar-refractivity contribution is 0.0906. The van der Waals surface area contributed by atoms with E-state index in [1.807, 2.05) is 44.2 Å². The molecule has 0 aromatic heterocycles. The van der Waals surface area contributed by atoms with Crippen LogP contribution in [0, 0.1) is 0 Å². The predicted molar refractivity (Wildman–Crippen MR) is 80.8 cm³/mol. The van der Waals surface area contributed by atoms with Crippen molar-refractivity contribution < 1.29 is 13.2 Å². The molecule has 0 radical (unpaired) electrons. The fraction of sp³-hybridized carbons (Fsp3) is 0.571. The number of nitrogens with two attached hydrogens (primary N) is 1. The van der Waals surface area contributed by atoms with Gasteiger partial charge in [-0.05, 0) is 19.4 Å². The summed E-state index contributed by atoms with van der Waals surface area (Å²) in [7, 11) is -3.35. The molecule has 0 aliphatic heterocycles. The second-order valence-electron chi connectivity index (χ2n) is 4.84. The van der Waals surface area contributed by atoms with Crippen molar-refractivity contribution in [2.75, 3.05) is 25.4 Å². The first-order valence-corrected chi connectivity index (χ1v) is 8.40. The summed E-state index contributed by atoms with van der Waals surface area (Å²) < 4.78 is 31.3. The van der Waals surface area contributed by atoms with Crippen LogP contribution < -0.4 is 5.73 Å². The zero-order chi connectivity index (χ0) is 15.0. The lowest BCUT2D eigenvalue weighted by Gasteiger charge is -2.22. The molecule has 0 aliphatic carbocycles. The van der Waals surface area contributed by atoms with Gasteiger partial charge in [0.05, 0.1) is 18.5 Å². The van der Waals surface area contributed by atoms with Crippen molar-refractivity contribution in [1.82, 2.24) is 4.31 Å². The SMILES string of the molecule is CC(C)OCCS(=O)(=O)N(CCN)Cc1ccccc1. The number of sulfonamides is 1. The maximum absolute atomic E-state index is 12.3. The first kappa shape index (κ1) is 17.1. The summed E-state index contributed by atoms with van der Waals surface area (Å²) >= 11 is 0. The highest BCUT2D eigenvalue weighted by Gasteiger charge is 2.21. The van der Waals surface area contributed by atoms with Crippen LogP contribution in [0.25, 0.3) is 0 Å². The Bertz CT molecular complexity index is 474. The maximum atomic E-state index is 12.3. The summed E-state index contributed by atoms with van der Waals surface area (Å²) in [5, 5.41) is 0. The molecule has 20 heavy (non-hydrogen) atoms. The van der Waals surface area contributed by atoms with Crippen molar-refractivity contribution in [1.29, 1.82) is 0 Å². The predicted octanol–water partition coefficient (Wildman–Crippen LogP) is 1.20. The highest BCUT2D eigenvalue weighted by atomic mass is 32.2. The fourth-order valence-electron chi connectivity index (χ4n) is 1.77. The fourth-order valence-corrected chi connectivity index (χ4v) is 3.06. The van der Waals surface area contributed by atoms with E-state index >= 15 is 0 Å². The largest absolute Gasteiger partial charge is 0.378 e. The minimum Gasteiger partial charge on any atom is -0.378 e. The Hall–Kier alpha value is -0.950. The van der Waals surface area contributed by atoms with Gasteiger partial charge in [-0.1, -0.05) is 30.3 Å². The van der Waals surface area contributed by atoms with Crippen LogP contribution in [0.2, 0.25) is 0 Å². The smallest absolute Gasteiger partial charge is 0.216 e. The Kier molecular flexibility index (Phi) is 7.15. The van der Waals surface area contributed by atoms with E-state index in [1.54, 1.807) is 0 Å². The number of rotatable bonds is 9.